The third-order valence-electron chi connectivity index (χ3n) is 4.09. The van der Waals surface area contributed by atoms with Gasteiger partial charge in [-0.25, -0.2) is 13.4 Å². The Hall–Kier alpha value is -1.70. The van der Waals surface area contributed by atoms with Crippen molar-refractivity contribution in [2.45, 2.75) is 4.90 Å². The number of nitrogens with zero attached hydrogens (tertiary/aromatic N) is 4. The van der Waals surface area contributed by atoms with Gasteiger partial charge in [0.05, 0.1) is 16.8 Å². The molecule has 8 heteroatoms. The standard InChI is InChI=1S/C16H19ClN4O2S/c17-14-1-3-15(4-2-14)24(22,23)12-11-20-7-9-21(10-8-20)16-13-18-5-6-19-16/h1-6,13H,7-12H2. The van der Waals surface area contributed by atoms with Crippen LogP contribution in [0.15, 0.2) is 47.8 Å². The lowest BCUT2D eigenvalue weighted by Gasteiger charge is -2.35. The number of piperazine rings is 1. The summed E-state index contributed by atoms with van der Waals surface area (Å²) in [6.07, 6.45) is 5.09. The molecule has 2 heterocycles. The number of sulfone groups is 1. The van der Waals surface area contributed by atoms with E-state index in [9.17, 15) is 8.42 Å². The van der Waals surface area contributed by atoms with Crippen LogP contribution in [-0.4, -0.2) is 61.8 Å². The van der Waals surface area contributed by atoms with E-state index in [4.69, 9.17) is 11.6 Å². The number of halogens is 1. The van der Waals surface area contributed by atoms with Crippen molar-refractivity contribution in [3.63, 3.8) is 0 Å². The minimum Gasteiger partial charge on any atom is -0.353 e. The molecule has 0 amide bonds. The zero-order chi connectivity index (χ0) is 17.0. The molecule has 128 valence electrons. The SMILES string of the molecule is O=S(=O)(CCN1CCN(c2cnccn2)CC1)c1ccc(Cl)cc1. The van der Waals surface area contributed by atoms with Crippen LogP contribution in [0.5, 0.6) is 0 Å². The average Bonchev–Trinajstić information content (AvgIpc) is 2.62. The van der Waals surface area contributed by atoms with Gasteiger partial charge in [0.15, 0.2) is 9.84 Å². The number of rotatable bonds is 5. The smallest absolute Gasteiger partial charge is 0.179 e. The van der Waals surface area contributed by atoms with E-state index in [1.165, 1.54) is 0 Å². The second-order valence-corrected chi connectivity index (χ2v) is 8.21. The number of hydrogen-bond donors (Lipinski definition) is 0. The highest BCUT2D eigenvalue weighted by atomic mass is 35.5. The normalized spacial score (nSPS) is 16.3. The molecule has 0 radical (unpaired) electrons. The van der Waals surface area contributed by atoms with Crippen LogP contribution in [-0.2, 0) is 9.84 Å². The minimum atomic E-state index is -3.28. The fourth-order valence-electron chi connectivity index (χ4n) is 2.66. The molecule has 0 unspecified atom stereocenters. The summed E-state index contributed by atoms with van der Waals surface area (Å²) < 4.78 is 24.7. The molecule has 0 N–H and O–H groups in total. The molecule has 3 rings (SSSR count). The Morgan fingerprint density at radius 3 is 2.38 bits per heavy atom. The van der Waals surface area contributed by atoms with Gasteiger partial charge in [-0.3, -0.25) is 9.88 Å². The van der Waals surface area contributed by atoms with Crippen molar-refractivity contribution < 1.29 is 8.42 Å². The van der Waals surface area contributed by atoms with Crippen LogP contribution >= 0.6 is 11.6 Å². The number of benzene rings is 1. The summed E-state index contributed by atoms with van der Waals surface area (Å²) in [7, 11) is -3.28. The van der Waals surface area contributed by atoms with Crippen molar-refractivity contribution in [2.24, 2.45) is 0 Å². The first-order chi connectivity index (χ1) is 11.5. The van der Waals surface area contributed by atoms with Crippen molar-refractivity contribution in [1.82, 2.24) is 14.9 Å². The molecule has 1 aliphatic heterocycles. The molecule has 1 fully saturated rings. The van der Waals surface area contributed by atoms with Gasteiger partial charge in [0.1, 0.15) is 5.82 Å². The summed E-state index contributed by atoms with van der Waals surface area (Å²) in [5.41, 5.74) is 0. The summed E-state index contributed by atoms with van der Waals surface area (Å²) in [6, 6.07) is 6.33. The van der Waals surface area contributed by atoms with Crippen molar-refractivity contribution in [3.8, 4) is 0 Å². The minimum absolute atomic E-state index is 0.111. The second kappa shape index (κ2) is 7.46. The first-order valence-electron chi connectivity index (χ1n) is 7.76. The predicted octanol–water partition coefficient (Wildman–Crippen LogP) is 1.73. The summed E-state index contributed by atoms with van der Waals surface area (Å²) in [5.74, 6) is 0.977. The molecule has 24 heavy (non-hydrogen) atoms. The van der Waals surface area contributed by atoms with Gasteiger partial charge in [-0.1, -0.05) is 11.6 Å². The van der Waals surface area contributed by atoms with Crippen molar-refractivity contribution >= 4 is 27.3 Å². The molecule has 2 aromatic rings. The third kappa shape index (κ3) is 4.23. The lowest BCUT2D eigenvalue weighted by atomic mass is 10.3. The zero-order valence-electron chi connectivity index (χ0n) is 13.2. The molecule has 0 saturated carbocycles. The van der Waals surface area contributed by atoms with E-state index < -0.39 is 9.84 Å². The molecular formula is C16H19ClN4O2S. The van der Waals surface area contributed by atoms with E-state index in [2.05, 4.69) is 19.8 Å². The molecule has 0 aliphatic carbocycles. The molecule has 1 aliphatic rings. The third-order valence-corrected chi connectivity index (χ3v) is 6.06. The van der Waals surface area contributed by atoms with Gasteiger partial charge in [0.2, 0.25) is 0 Å². The highest BCUT2D eigenvalue weighted by molar-refractivity contribution is 7.91. The molecule has 6 nitrogen and oxygen atoms in total. The Balaban J connectivity index is 1.52. The van der Waals surface area contributed by atoms with E-state index in [1.807, 2.05) is 0 Å². The first kappa shape index (κ1) is 17.1. The van der Waals surface area contributed by atoms with E-state index >= 15 is 0 Å². The van der Waals surface area contributed by atoms with Gasteiger partial charge in [0, 0.05) is 50.1 Å². The van der Waals surface area contributed by atoms with E-state index in [-0.39, 0.29) is 5.75 Å². The highest BCUT2D eigenvalue weighted by Crippen LogP contribution is 2.16. The van der Waals surface area contributed by atoms with Gasteiger partial charge < -0.3 is 4.90 Å². The molecule has 1 aromatic carbocycles. The fourth-order valence-corrected chi connectivity index (χ4v) is 4.08. The summed E-state index contributed by atoms with van der Waals surface area (Å²) in [6.45, 7) is 3.79. The van der Waals surface area contributed by atoms with Gasteiger partial charge in [-0.2, -0.15) is 0 Å². The molecular weight excluding hydrogens is 348 g/mol. The van der Waals surface area contributed by atoms with Crippen LogP contribution < -0.4 is 4.90 Å². The molecule has 1 saturated heterocycles. The lowest BCUT2D eigenvalue weighted by Crippen LogP contribution is -2.47. The molecule has 0 bridgehead atoms. The van der Waals surface area contributed by atoms with Gasteiger partial charge >= 0.3 is 0 Å². The highest BCUT2D eigenvalue weighted by Gasteiger charge is 2.21. The van der Waals surface area contributed by atoms with Crippen LogP contribution in [0, 0.1) is 0 Å². The van der Waals surface area contributed by atoms with Gasteiger partial charge in [-0.05, 0) is 24.3 Å². The van der Waals surface area contributed by atoms with Crippen LogP contribution in [0.3, 0.4) is 0 Å². The number of anilines is 1. The Labute approximate surface area is 147 Å². The van der Waals surface area contributed by atoms with Crippen LogP contribution in [0.25, 0.3) is 0 Å². The van der Waals surface area contributed by atoms with Gasteiger partial charge in [-0.15, -0.1) is 0 Å². The molecule has 1 aromatic heterocycles. The molecule has 0 spiro atoms. The monoisotopic (exact) mass is 366 g/mol. The Kier molecular flexibility index (Phi) is 5.33. The van der Waals surface area contributed by atoms with Crippen LogP contribution in [0.2, 0.25) is 5.02 Å². The lowest BCUT2D eigenvalue weighted by molar-refractivity contribution is 0.271. The fraction of sp³-hybridized carbons (Fsp3) is 0.375. The number of hydrogen-bond acceptors (Lipinski definition) is 6. The van der Waals surface area contributed by atoms with E-state index in [0.717, 1.165) is 32.0 Å². The van der Waals surface area contributed by atoms with Crippen molar-refractivity contribution in [1.29, 1.82) is 0 Å². The average molecular weight is 367 g/mol. The van der Waals surface area contributed by atoms with Crippen molar-refractivity contribution in [3.05, 3.63) is 47.9 Å². The van der Waals surface area contributed by atoms with Crippen LogP contribution in [0.1, 0.15) is 0 Å². The summed E-state index contributed by atoms with van der Waals surface area (Å²) >= 11 is 5.81. The molecule has 0 atom stereocenters. The number of aromatic nitrogens is 2. The van der Waals surface area contributed by atoms with Crippen LogP contribution in [0.4, 0.5) is 5.82 Å². The second-order valence-electron chi connectivity index (χ2n) is 5.67. The Morgan fingerprint density at radius 2 is 1.75 bits per heavy atom. The predicted molar refractivity (Wildman–Crippen MR) is 94.2 cm³/mol. The maximum Gasteiger partial charge on any atom is 0.179 e. The van der Waals surface area contributed by atoms with Crippen molar-refractivity contribution in [2.75, 3.05) is 43.4 Å². The summed E-state index contributed by atoms with van der Waals surface area (Å²) in [5, 5.41) is 0.536. The largest absolute Gasteiger partial charge is 0.353 e. The Morgan fingerprint density at radius 1 is 1.04 bits per heavy atom. The quantitative estimate of drug-likeness (QED) is 0.802. The van der Waals surface area contributed by atoms with Gasteiger partial charge in [0.25, 0.3) is 0 Å². The first-order valence-corrected chi connectivity index (χ1v) is 9.79. The summed E-state index contributed by atoms with van der Waals surface area (Å²) in [4.78, 5) is 13.0. The van der Waals surface area contributed by atoms with E-state index in [1.54, 1.807) is 42.9 Å². The zero-order valence-corrected chi connectivity index (χ0v) is 14.7. The van der Waals surface area contributed by atoms with E-state index in [0.29, 0.717) is 16.5 Å². The maximum atomic E-state index is 12.4. The Bertz CT molecular complexity index is 760. The maximum absolute atomic E-state index is 12.4. The topological polar surface area (TPSA) is 66.4 Å².